The number of likely N-dealkylation sites (tertiary alicyclic amines) is 1. The fraction of sp³-hybridized carbons (Fsp3) is 0.500. The fourth-order valence-corrected chi connectivity index (χ4v) is 4.69. The number of aliphatic hydroxyl groups excluding tert-OH is 1. The number of hydrogen-bond donors (Lipinski definition) is 3. The van der Waals surface area contributed by atoms with Crippen LogP contribution in [0, 0.1) is 0 Å². The second-order valence-electron chi connectivity index (χ2n) is 9.36. The van der Waals surface area contributed by atoms with Gasteiger partial charge in [0.05, 0.1) is 17.4 Å². The smallest absolute Gasteiger partial charge is 0.406 e. The average Bonchev–Trinajstić information content (AvgIpc) is 2.88. The van der Waals surface area contributed by atoms with Crippen LogP contribution in [0.1, 0.15) is 55.3 Å². The van der Waals surface area contributed by atoms with Crippen LogP contribution in [0.15, 0.2) is 36.5 Å². The van der Waals surface area contributed by atoms with Crippen LogP contribution in [0.2, 0.25) is 0 Å². The maximum atomic E-state index is 12.8. The Morgan fingerprint density at radius 3 is 2.42 bits per heavy atom. The molecule has 4 rings (SSSR count). The molecule has 0 unspecified atom stereocenters. The number of halogens is 3. The van der Waals surface area contributed by atoms with E-state index in [1.54, 1.807) is 17.2 Å². The number of nitrogens with two attached hydrogens (primary N) is 1. The molecule has 0 spiro atoms. The van der Waals surface area contributed by atoms with Crippen LogP contribution < -0.4 is 20.7 Å². The number of piperidine rings is 1. The summed E-state index contributed by atoms with van der Waals surface area (Å²) in [7, 11) is 1.90. The van der Waals surface area contributed by atoms with Crippen LogP contribution in [0.3, 0.4) is 0 Å². The lowest BCUT2D eigenvalue weighted by atomic mass is 9.98. The number of aliphatic hydroxyl groups is 1. The van der Waals surface area contributed by atoms with Crippen molar-refractivity contribution in [2.45, 2.75) is 63.5 Å². The van der Waals surface area contributed by atoms with Gasteiger partial charge in [-0.05, 0) is 49.9 Å². The molecule has 0 bridgehead atoms. The van der Waals surface area contributed by atoms with E-state index in [1.165, 1.54) is 25.3 Å². The van der Waals surface area contributed by atoms with E-state index >= 15 is 0 Å². The van der Waals surface area contributed by atoms with Crippen molar-refractivity contribution >= 4 is 29.5 Å². The van der Waals surface area contributed by atoms with Gasteiger partial charge in [-0.15, -0.1) is 13.2 Å². The standard InChI is InChI=1S/C20H22F3N5O3.C6H12O/c1-27(17-3-2-8-25-18(17)26-12-29)13-6-9-28(10-7-13)19(30)15-5-4-14(11-16(15)24)31-20(21,22)23;7-6-4-2-1-3-5-6/h2-5,8,11-13H,6-7,9-10,24H2,1H3,(H,25,26,29);6-7H,1-5H2. The third kappa shape index (κ3) is 8.23. The summed E-state index contributed by atoms with van der Waals surface area (Å²) >= 11 is 0. The van der Waals surface area contributed by atoms with Gasteiger partial charge < -0.3 is 30.7 Å². The molecule has 38 heavy (non-hydrogen) atoms. The second-order valence-corrected chi connectivity index (χ2v) is 9.36. The highest BCUT2D eigenvalue weighted by atomic mass is 19.4. The maximum Gasteiger partial charge on any atom is 0.573 e. The van der Waals surface area contributed by atoms with E-state index in [9.17, 15) is 22.8 Å². The van der Waals surface area contributed by atoms with Crippen molar-refractivity contribution in [1.29, 1.82) is 0 Å². The first-order chi connectivity index (χ1) is 18.1. The summed E-state index contributed by atoms with van der Waals surface area (Å²) in [5.74, 6) is -0.368. The second kappa shape index (κ2) is 13.3. The lowest BCUT2D eigenvalue weighted by Gasteiger charge is -2.38. The van der Waals surface area contributed by atoms with Crippen LogP contribution in [-0.4, -0.2) is 66.0 Å². The largest absolute Gasteiger partial charge is 0.573 e. The van der Waals surface area contributed by atoms with Gasteiger partial charge in [0, 0.05) is 44.1 Å². The van der Waals surface area contributed by atoms with E-state index in [0.29, 0.717) is 38.2 Å². The number of ether oxygens (including phenoxy) is 1. The SMILES string of the molecule is CN(c1cccnc1NC=O)C1CCN(C(=O)c2ccc(OC(F)(F)F)cc2N)CC1.OC1CCCCC1. The number of rotatable bonds is 6. The number of pyridine rings is 1. The number of aromatic nitrogens is 1. The van der Waals surface area contributed by atoms with Crippen LogP contribution >= 0.6 is 0 Å². The number of benzene rings is 1. The molecule has 0 radical (unpaired) electrons. The molecule has 1 saturated heterocycles. The van der Waals surface area contributed by atoms with Gasteiger partial charge >= 0.3 is 6.36 Å². The van der Waals surface area contributed by atoms with Gasteiger partial charge in [-0.1, -0.05) is 19.3 Å². The Balaban J connectivity index is 0.000000494. The maximum absolute atomic E-state index is 12.8. The number of amides is 2. The number of nitrogens with zero attached hydrogens (tertiary/aromatic N) is 3. The minimum absolute atomic E-state index is 0.0359. The summed E-state index contributed by atoms with van der Waals surface area (Å²) < 4.78 is 40.9. The fourth-order valence-electron chi connectivity index (χ4n) is 4.69. The molecule has 208 valence electrons. The van der Waals surface area contributed by atoms with Gasteiger partial charge in [-0.3, -0.25) is 9.59 Å². The zero-order valence-corrected chi connectivity index (χ0v) is 21.3. The average molecular weight is 538 g/mol. The first-order valence-electron chi connectivity index (χ1n) is 12.6. The number of nitrogen functional groups attached to an aromatic ring is 1. The lowest BCUT2D eigenvalue weighted by Crippen LogP contribution is -2.46. The van der Waals surface area contributed by atoms with E-state index < -0.39 is 12.1 Å². The highest BCUT2D eigenvalue weighted by Gasteiger charge is 2.32. The zero-order chi connectivity index (χ0) is 27.7. The monoisotopic (exact) mass is 537 g/mol. The molecule has 2 fully saturated rings. The molecule has 1 aliphatic heterocycles. The Bertz CT molecular complexity index is 1070. The summed E-state index contributed by atoms with van der Waals surface area (Å²) in [5, 5.41) is 11.5. The predicted octanol–water partition coefficient (Wildman–Crippen LogP) is 4.18. The molecule has 4 N–H and O–H groups in total. The van der Waals surface area contributed by atoms with Crippen molar-refractivity contribution in [2.75, 3.05) is 36.1 Å². The third-order valence-electron chi connectivity index (χ3n) is 6.72. The first-order valence-corrected chi connectivity index (χ1v) is 12.6. The molecule has 2 aromatic rings. The van der Waals surface area contributed by atoms with Crippen molar-refractivity contribution < 1.29 is 32.6 Å². The summed E-state index contributed by atoms with van der Waals surface area (Å²) in [5.41, 5.74) is 6.62. The van der Waals surface area contributed by atoms with Crippen molar-refractivity contribution in [1.82, 2.24) is 9.88 Å². The highest BCUT2D eigenvalue weighted by molar-refractivity contribution is 5.99. The van der Waals surface area contributed by atoms with Crippen LogP contribution in [0.25, 0.3) is 0 Å². The molecular formula is C26H34F3N5O4. The molecule has 1 aromatic heterocycles. The van der Waals surface area contributed by atoms with E-state index in [2.05, 4.69) is 15.0 Å². The topological polar surface area (TPSA) is 121 Å². The molecule has 2 aliphatic rings. The molecule has 12 heteroatoms. The van der Waals surface area contributed by atoms with Crippen molar-refractivity contribution in [3.63, 3.8) is 0 Å². The van der Waals surface area contributed by atoms with Gasteiger partial charge in [-0.25, -0.2) is 4.98 Å². The normalized spacial score (nSPS) is 16.7. The Hall–Kier alpha value is -3.54. The first kappa shape index (κ1) is 29.0. The predicted molar refractivity (Wildman–Crippen MR) is 138 cm³/mol. The lowest BCUT2D eigenvalue weighted by molar-refractivity contribution is -0.274. The number of carbonyl (C=O) groups is 2. The highest BCUT2D eigenvalue weighted by Crippen LogP contribution is 2.30. The molecule has 0 atom stereocenters. The van der Waals surface area contributed by atoms with Gasteiger partial charge in [0.15, 0.2) is 5.82 Å². The summed E-state index contributed by atoms with van der Waals surface area (Å²) in [6, 6.07) is 7.04. The number of hydrogen-bond acceptors (Lipinski definition) is 7. The van der Waals surface area contributed by atoms with E-state index in [4.69, 9.17) is 10.8 Å². The Kier molecular flexibility index (Phi) is 10.2. The van der Waals surface area contributed by atoms with Crippen molar-refractivity contribution in [3.8, 4) is 5.75 Å². The molecule has 1 saturated carbocycles. The van der Waals surface area contributed by atoms with Crippen LogP contribution in [0.4, 0.5) is 30.4 Å². The van der Waals surface area contributed by atoms with Gasteiger partial charge in [-0.2, -0.15) is 0 Å². The zero-order valence-electron chi connectivity index (χ0n) is 21.3. The Morgan fingerprint density at radius 1 is 1.18 bits per heavy atom. The van der Waals surface area contributed by atoms with Gasteiger partial charge in [0.2, 0.25) is 6.41 Å². The minimum atomic E-state index is -4.83. The Labute approximate surface area is 219 Å². The number of carbonyl (C=O) groups excluding carboxylic acids is 2. The van der Waals surface area contributed by atoms with Crippen LogP contribution in [0.5, 0.6) is 5.75 Å². The van der Waals surface area contributed by atoms with E-state index in [0.717, 1.165) is 30.7 Å². The van der Waals surface area contributed by atoms with Gasteiger partial charge in [0.1, 0.15) is 5.75 Å². The molecule has 9 nitrogen and oxygen atoms in total. The van der Waals surface area contributed by atoms with E-state index in [1.807, 2.05) is 18.0 Å². The summed E-state index contributed by atoms with van der Waals surface area (Å²) in [6.45, 7) is 0.898. The quantitative estimate of drug-likeness (QED) is 0.373. The van der Waals surface area contributed by atoms with Gasteiger partial charge in [0.25, 0.3) is 5.91 Å². The molecule has 1 aliphatic carbocycles. The number of alkyl halides is 3. The van der Waals surface area contributed by atoms with E-state index in [-0.39, 0.29) is 29.3 Å². The number of anilines is 3. The number of nitrogens with one attached hydrogen (secondary N) is 1. The third-order valence-corrected chi connectivity index (χ3v) is 6.72. The summed E-state index contributed by atoms with van der Waals surface area (Å²) in [6.07, 6.45) is 4.56. The van der Waals surface area contributed by atoms with Crippen LogP contribution in [-0.2, 0) is 4.79 Å². The van der Waals surface area contributed by atoms with Crippen molar-refractivity contribution in [3.05, 3.63) is 42.1 Å². The molecule has 1 aromatic carbocycles. The van der Waals surface area contributed by atoms with Crippen molar-refractivity contribution in [2.24, 2.45) is 0 Å². The Morgan fingerprint density at radius 2 is 1.87 bits per heavy atom. The molecule has 2 amide bonds. The minimum Gasteiger partial charge on any atom is -0.406 e. The molecular weight excluding hydrogens is 503 g/mol. The molecule has 2 heterocycles. The summed E-state index contributed by atoms with van der Waals surface area (Å²) in [4.78, 5) is 31.4.